The SMILES string of the molecule is CCOC(=O)c1ccc(NC(=O)C[C@H]2N=C(N3CCN(c4ccccn4)CC3)NC2=O)cc1. The van der Waals surface area contributed by atoms with Gasteiger partial charge in [-0.3, -0.25) is 14.9 Å². The highest BCUT2D eigenvalue weighted by Crippen LogP contribution is 2.16. The summed E-state index contributed by atoms with van der Waals surface area (Å²) in [4.78, 5) is 49.6. The number of benzene rings is 1. The number of pyridine rings is 1. The fraction of sp³-hybridized carbons (Fsp3) is 0.348. The van der Waals surface area contributed by atoms with E-state index in [2.05, 4.69) is 25.5 Å². The molecule has 2 N–H and O–H groups in total. The van der Waals surface area contributed by atoms with Gasteiger partial charge in [-0.05, 0) is 43.3 Å². The number of nitrogens with zero attached hydrogens (tertiary/aromatic N) is 4. The molecule has 10 heteroatoms. The van der Waals surface area contributed by atoms with Crippen molar-refractivity contribution in [3.8, 4) is 0 Å². The summed E-state index contributed by atoms with van der Waals surface area (Å²) in [5, 5.41) is 5.54. The molecule has 0 aliphatic carbocycles. The van der Waals surface area contributed by atoms with E-state index in [9.17, 15) is 14.4 Å². The lowest BCUT2D eigenvalue weighted by Gasteiger charge is -2.36. The minimum atomic E-state index is -0.771. The number of guanidine groups is 1. The number of nitrogens with one attached hydrogen (secondary N) is 2. The predicted octanol–water partition coefficient (Wildman–Crippen LogP) is 1.26. The highest BCUT2D eigenvalue weighted by Gasteiger charge is 2.32. The summed E-state index contributed by atoms with van der Waals surface area (Å²) in [6.07, 6.45) is 1.70. The van der Waals surface area contributed by atoms with Gasteiger partial charge in [0.2, 0.25) is 11.9 Å². The first-order chi connectivity index (χ1) is 16.0. The summed E-state index contributed by atoms with van der Waals surface area (Å²) in [5.74, 6) is 0.409. The number of esters is 1. The summed E-state index contributed by atoms with van der Waals surface area (Å²) in [6.45, 7) is 4.95. The number of carbonyl (C=O) groups excluding carboxylic acids is 3. The third-order valence-electron chi connectivity index (χ3n) is 5.43. The Morgan fingerprint density at radius 3 is 2.48 bits per heavy atom. The monoisotopic (exact) mass is 450 g/mol. The number of carbonyl (C=O) groups is 3. The maximum Gasteiger partial charge on any atom is 0.338 e. The van der Waals surface area contributed by atoms with Crippen LogP contribution in [-0.4, -0.2) is 72.5 Å². The lowest BCUT2D eigenvalue weighted by atomic mass is 10.2. The molecule has 0 bridgehead atoms. The standard InChI is InChI=1S/C23H26N6O4/c1-2-33-22(32)16-6-8-17(9-7-16)25-20(30)15-18-21(31)27-23(26-18)29-13-11-28(12-14-29)19-5-3-4-10-24-19/h3-10,18H,2,11-15H2,1H3,(H,25,30)(H,26,27,31)/t18-/m1/s1. The van der Waals surface area contributed by atoms with Gasteiger partial charge in [-0.1, -0.05) is 6.07 Å². The van der Waals surface area contributed by atoms with Crippen LogP contribution in [0.15, 0.2) is 53.7 Å². The third kappa shape index (κ3) is 5.46. The maximum atomic E-state index is 12.4. The number of ether oxygens (including phenoxy) is 1. The van der Waals surface area contributed by atoms with Crippen molar-refractivity contribution < 1.29 is 19.1 Å². The first-order valence-electron chi connectivity index (χ1n) is 10.9. The van der Waals surface area contributed by atoms with Gasteiger partial charge in [0.25, 0.3) is 5.91 Å². The van der Waals surface area contributed by atoms with Gasteiger partial charge in [-0.25, -0.2) is 14.8 Å². The summed E-state index contributed by atoms with van der Waals surface area (Å²) >= 11 is 0. The van der Waals surface area contributed by atoms with Crippen LogP contribution in [-0.2, 0) is 14.3 Å². The molecular weight excluding hydrogens is 424 g/mol. The molecule has 1 saturated heterocycles. The number of anilines is 2. The molecule has 1 aromatic carbocycles. The normalized spacial score (nSPS) is 17.9. The number of rotatable bonds is 6. The van der Waals surface area contributed by atoms with Gasteiger partial charge in [-0.15, -0.1) is 0 Å². The van der Waals surface area contributed by atoms with Gasteiger partial charge in [-0.2, -0.15) is 0 Å². The second-order valence-electron chi connectivity index (χ2n) is 7.67. The molecule has 172 valence electrons. The zero-order valence-corrected chi connectivity index (χ0v) is 18.4. The van der Waals surface area contributed by atoms with Crippen LogP contribution in [0.2, 0.25) is 0 Å². The second kappa shape index (κ2) is 10.1. The van der Waals surface area contributed by atoms with E-state index >= 15 is 0 Å². The molecule has 2 aliphatic heterocycles. The van der Waals surface area contributed by atoms with Gasteiger partial charge in [0.05, 0.1) is 18.6 Å². The quantitative estimate of drug-likeness (QED) is 0.637. The van der Waals surface area contributed by atoms with E-state index in [4.69, 9.17) is 4.74 Å². The summed E-state index contributed by atoms with van der Waals surface area (Å²) in [7, 11) is 0. The Morgan fingerprint density at radius 1 is 1.09 bits per heavy atom. The number of hydrogen-bond acceptors (Lipinski definition) is 8. The Morgan fingerprint density at radius 2 is 1.82 bits per heavy atom. The van der Waals surface area contributed by atoms with Crippen LogP contribution in [0.25, 0.3) is 0 Å². The molecule has 2 aromatic rings. The Hall–Kier alpha value is -3.95. The number of aromatic nitrogens is 1. The van der Waals surface area contributed by atoms with Crippen LogP contribution in [0.1, 0.15) is 23.7 Å². The lowest BCUT2D eigenvalue weighted by molar-refractivity contribution is -0.123. The van der Waals surface area contributed by atoms with Gasteiger partial charge in [0.15, 0.2) is 0 Å². The van der Waals surface area contributed by atoms with Crippen LogP contribution >= 0.6 is 0 Å². The smallest absolute Gasteiger partial charge is 0.338 e. The number of hydrogen-bond donors (Lipinski definition) is 2. The highest BCUT2D eigenvalue weighted by molar-refractivity contribution is 6.07. The number of aliphatic imine (C=N–C) groups is 1. The maximum absolute atomic E-state index is 12.4. The zero-order chi connectivity index (χ0) is 23.2. The molecule has 3 heterocycles. The summed E-state index contributed by atoms with van der Waals surface area (Å²) in [6, 6.07) is 11.4. The molecule has 0 saturated carbocycles. The third-order valence-corrected chi connectivity index (χ3v) is 5.43. The minimum Gasteiger partial charge on any atom is -0.462 e. The first-order valence-corrected chi connectivity index (χ1v) is 10.9. The molecule has 10 nitrogen and oxygen atoms in total. The Kier molecular flexibility index (Phi) is 6.82. The van der Waals surface area contributed by atoms with E-state index < -0.39 is 12.0 Å². The topological polar surface area (TPSA) is 116 Å². The second-order valence-corrected chi connectivity index (χ2v) is 7.67. The zero-order valence-electron chi connectivity index (χ0n) is 18.4. The summed E-state index contributed by atoms with van der Waals surface area (Å²) < 4.78 is 4.94. The van der Waals surface area contributed by atoms with E-state index in [0.717, 1.165) is 18.9 Å². The highest BCUT2D eigenvalue weighted by atomic mass is 16.5. The fourth-order valence-electron chi connectivity index (χ4n) is 3.71. The van der Waals surface area contributed by atoms with E-state index in [-0.39, 0.29) is 18.2 Å². The van der Waals surface area contributed by atoms with Crippen LogP contribution in [0.4, 0.5) is 11.5 Å². The minimum absolute atomic E-state index is 0.0666. The van der Waals surface area contributed by atoms with E-state index in [0.29, 0.717) is 36.9 Å². The Balaban J connectivity index is 1.29. The molecule has 4 rings (SSSR count). The Labute approximate surface area is 191 Å². The van der Waals surface area contributed by atoms with Crippen molar-refractivity contribution in [2.45, 2.75) is 19.4 Å². The van der Waals surface area contributed by atoms with Gasteiger partial charge >= 0.3 is 5.97 Å². The molecule has 1 aromatic heterocycles. The van der Waals surface area contributed by atoms with Crippen molar-refractivity contribution >= 4 is 35.2 Å². The molecule has 0 spiro atoms. The first kappa shape index (κ1) is 22.3. The van der Waals surface area contributed by atoms with Crippen LogP contribution < -0.4 is 15.5 Å². The molecule has 2 amide bonds. The Bertz CT molecular complexity index is 1030. The molecule has 1 fully saturated rings. The van der Waals surface area contributed by atoms with Crippen molar-refractivity contribution in [2.24, 2.45) is 4.99 Å². The van der Waals surface area contributed by atoms with Crippen molar-refractivity contribution in [3.63, 3.8) is 0 Å². The summed E-state index contributed by atoms with van der Waals surface area (Å²) in [5.41, 5.74) is 0.934. The number of amides is 2. The van der Waals surface area contributed by atoms with E-state index in [1.54, 1.807) is 37.4 Å². The van der Waals surface area contributed by atoms with E-state index in [1.807, 2.05) is 23.1 Å². The van der Waals surface area contributed by atoms with Gasteiger partial charge < -0.3 is 19.9 Å². The van der Waals surface area contributed by atoms with Gasteiger partial charge in [0.1, 0.15) is 11.9 Å². The average molecular weight is 450 g/mol. The van der Waals surface area contributed by atoms with Crippen molar-refractivity contribution in [2.75, 3.05) is 43.0 Å². The predicted molar refractivity (Wildman–Crippen MR) is 123 cm³/mol. The average Bonchev–Trinajstić information content (AvgIpc) is 3.20. The molecular formula is C23H26N6O4. The van der Waals surface area contributed by atoms with Crippen LogP contribution in [0.5, 0.6) is 0 Å². The van der Waals surface area contributed by atoms with Crippen LogP contribution in [0.3, 0.4) is 0 Å². The molecule has 0 unspecified atom stereocenters. The molecule has 33 heavy (non-hydrogen) atoms. The van der Waals surface area contributed by atoms with Crippen molar-refractivity contribution in [3.05, 3.63) is 54.2 Å². The number of piperazine rings is 1. The largest absolute Gasteiger partial charge is 0.462 e. The fourth-order valence-corrected chi connectivity index (χ4v) is 3.71. The van der Waals surface area contributed by atoms with Crippen LogP contribution in [0, 0.1) is 0 Å². The molecule has 0 radical (unpaired) electrons. The molecule has 1 atom stereocenters. The van der Waals surface area contributed by atoms with E-state index in [1.165, 1.54) is 0 Å². The lowest BCUT2D eigenvalue weighted by Crippen LogP contribution is -2.52. The molecule has 2 aliphatic rings. The van der Waals surface area contributed by atoms with Crippen molar-refractivity contribution in [1.29, 1.82) is 0 Å². The van der Waals surface area contributed by atoms with Crippen molar-refractivity contribution in [1.82, 2.24) is 15.2 Å². The van der Waals surface area contributed by atoms with Gasteiger partial charge in [0, 0.05) is 38.1 Å².